The summed E-state index contributed by atoms with van der Waals surface area (Å²) in [5.74, 6) is -1.19. The Bertz CT molecular complexity index is 1130. The van der Waals surface area contributed by atoms with Gasteiger partial charge >= 0.3 is 5.97 Å². The number of carboxylic acid groups (broad SMARTS) is 1. The van der Waals surface area contributed by atoms with Crippen molar-refractivity contribution >= 4 is 17.8 Å². The molecule has 0 aromatic heterocycles. The molecule has 3 aliphatic carbocycles. The minimum Gasteiger partial charge on any atom is -0.480 e. The summed E-state index contributed by atoms with van der Waals surface area (Å²) in [7, 11) is 0. The first-order valence-electron chi connectivity index (χ1n) is 17.6. The molecule has 4 unspecified atom stereocenters. The fourth-order valence-corrected chi connectivity index (χ4v) is 10.2. The monoisotopic (exact) mass is 612 g/mol. The largest absolute Gasteiger partial charge is 0.480 e. The highest BCUT2D eigenvalue weighted by molar-refractivity contribution is 5.93. The highest BCUT2D eigenvalue weighted by atomic mass is 16.4. The highest BCUT2D eigenvalue weighted by Crippen LogP contribution is 2.88. The summed E-state index contributed by atoms with van der Waals surface area (Å²) in [6.45, 7) is 20.9. The van der Waals surface area contributed by atoms with Crippen LogP contribution in [0.2, 0.25) is 0 Å². The Labute approximate surface area is 266 Å². The zero-order valence-electron chi connectivity index (χ0n) is 28.6. The fourth-order valence-electron chi connectivity index (χ4n) is 10.2. The number of fused-ring (bicyclic) bond motifs is 1. The molecule has 3 saturated carbocycles. The molecular weight excluding hydrogens is 552 g/mol. The summed E-state index contributed by atoms with van der Waals surface area (Å²) in [5, 5.41) is 17.2. The molecular formula is C36H60N4O4. The van der Waals surface area contributed by atoms with Gasteiger partial charge in [0.15, 0.2) is 0 Å². The average molecular weight is 613 g/mol. The van der Waals surface area contributed by atoms with E-state index in [4.69, 9.17) is 0 Å². The van der Waals surface area contributed by atoms with Crippen LogP contribution < -0.4 is 10.6 Å². The molecule has 0 aromatic rings. The molecule has 44 heavy (non-hydrogen) atoms. The predicted molar refractivity (Wildman–Crippen MR) is 174 cm³/mol. The lowest BCUT2D eigenvalue weighted by Gasteiger charge is -2.42. The van der Waals surface area contributed by atoms with E-state index in [1.54, 1.807) is 4.90 Å². The lowest BCUT2D eigenvalue weighted by atomic mass is 9.73. The molecule has 8 nitrogen and oxygen atoms in total. The number of amides is 2. The normalized spacial score (nSPS) is 31.4. The number of hydrogen-bond acceptors (Lipinski definition) is 5. The third-order valence-electron chi connectivity index (χ3n) is 13.1. The Morgan fingerprint density at radius 2 is 1.52 bits per heavy atom. The van der Waals surface area contributed by atoms with Crippen LogP contribution in [0, 0.1) is 27.6 Å². The second-order valence-corrected chi connectivity index (χ2v) is 16.9. The molecule has 8 heteroatoms. The number of aliphatic carboxylic acids is 1. The van der Waals surface area contributed by atoms with Crippen molar-refractivity contribution in [2.75, 3.05) is 13.1 Å². The maximum absolute atomic E-state index is 14.5. The van der Waals surface area contributed by atoms with Gasteiger partial charge in [-0.1, -0.05) is 73.3 Å². The predicted octanol–water partition coefficient (Wildman–Crippen LogP) is 5.71. The third-order valence-corrected chi connectivity index (χ3v) is 13.1. The average Bonchev–Trinajstić information content (AvgIpc) is 3.18. The Morgan fingerprint density at radius 1 is 0.886 bits per heavy atom. The van der Waals surface area contributed by atoms with Gasteiger partial charge < -0.3 is 20.6 Å². The van der Waals surface area contributed by atoms with Gasteiger partial charge in [0, 0.05) is 29.7 Å². The smallest absolute Gasteiger partial charge is 0.326 e. The van der Waals surface area contributed by atoms with Crippen molar-refractivity contribution in [1.82, 2.24) is 20.4 Å². The van der Waals surface area contributed by atoms with Crippen molar-refractivity contribution in [3.63, 3.8) is 0 Å². The van der Waals surface area contributed by atoms with E-state index in [-0.39, 0.29) is 40.0 Å². The van der Waals surface area contributed by atoms with E-state index < -0.39 is 29.5 Å². The Morgan fingerprint density at radius 3 is 2.05 bits per heavy atom. The van der Waals surface area contributed by atoms with Crippen LogP contribution in [-0.2, 0) is 14.4 Å². The van der Waals surface area contributed by atoms with Crippen LogP contribution in [0.5, 0.6) is 0 Å². The zero-order valence-corrected chi connectivity index (χ0v) is 28.6. The van der Waals surface area contributed by atoms with Gasteiger partial charge in [-0.2, -0.15) is 0 Å². The summed E-state index contributed by atoms with van der Waals surface area (Å²) < 4.78 is 0. The van der Waals surface area contributed by atoms with E-state index in [0.717, 1.165) is 63.6 Å². The number of carboxylic acids is 1. The fraction of sp³-hybridized carbons (Fsp3) is 0.861. The summed E-state index contributed by atoms with van der Waals surface area (Å²) in [6, 6.07) is -1.58. The van der Waals surface area contributed by atoms with Crippen molar-refractivity contribution in [3.05, 3.63) is 12.3 Å². The molecule has 5 atom stereocenters. The number of nitrogens with zero attached hydrogens (tertiary/aromatic N) is 2. The number of hydrogen-bond donors (Lipinski definition) is 3. The van der Waals surface area contributed by atoms with Crippen LogP contribution in [0.25, 0.3) is 0 Å². The van der Waals surface area contributed by atoms with Crippen LogP contribution in [0.3, 0.4) is 0 Å². The van der Waals surface area contributed by atoms with Crippen molar-refractivity contribution in [3.8, 4) is 0 Å². The molecule has 5 rings (SSSR count). The lowest BCUT2D eigenvalue weighted by Crippen LogP contribution is -2.61. The molecule has 0 bridgehead atoms. The number of piperidine rings is 1. The van der Waals surface area contributed by atoms with E-state index in [0.29, 0.717) is 19.0 Å². The molecule has 0 radical (unpaired) electrons. The van der Waals surface area contributed by atoms with Crippen molar-refractivity contribution in [2.45, 2.75) is 156 Å². The molecule has 5 aliphatic rings. The Balaban J connectivity index is 1.37. The maximum Gasteiger partial charge on any atom is 0.326 e. The molecule has 2 heterocycles. The number of carbonyl (C=O) groups is 3. The van der Waals surface area contributed by atoms with Gasteiger partial charge in [-0.25, -0.2) is 4.79 Å². The molecule has 248 valence electrons. The topological polar surface area (TPSA) is 102 Å². The van der Waals surface area contributed by atoms with Gasteiger partial charge in [0.1, 0.15) is 18.1 Å². The van der Waals surface area contributed by atoms with Crippen molar-refractivity contribution in [2.24, 2.45) is 27.6 Å². The summed E-state index contributed by atoms with van der Waals surface area (Å²) in [5.41, 5.74) is 0.306. The van der Waals surface area contributed by atoms with Crippen molar-refractivity contribution in [1.29, 1.82) is 0 Å². The Kier molecular flexibility index (Phi) is 9.02. The van der Waals surface area contributed by atoms with E-state index in [1.165, 1.54) is 19.3 Å². The summed E-state index contributed by atoms with van der Waals surface area (Å²) in [4.78, 5) is 45.5. The first kappa shape index (κ1) is 33.3. The third kappa shape index (κ3) is 5.39. The zero-order chi connectivity index (χ0) is 32.2. The standard InChI is InChI=1S/C36H60N4O4/c1-23(2)39-20-13-12-17-26(39)24(3)37-28(25-15-10-9-11-16-25)30(41)38-29(33(4,5)6)31(42)40-22-36(21-27(40)32(43)44)34(7,8)35(36)18-14-19-35/h23,25-29,37H,3,9-22H2,1-2,4-8H3,(H,38,41)(H,43,44)/t26?,27?,28?,29-,36?/m1/s1. The van der Waals surface area contributed by atoms with Crippen LogP contribution in [-0.4, -0.2) is 76.0 Å². The Hall–Kier alpha value is -2.09. The molecule has 3 N–H and O–H groups in total. The van der Waals surface area contributed by atoms with Crippen LogP contribution in [0.1, 0.15) is 126 Å². The molecule has 2 spiro atoms. The van der Waals surface area contributed by atoms with E-state index in [9.17, 15) is 19.5 Å². The van der Waals surface area contributed by atoms with Crippen LogP contribution in [0.15, 0.2) is 12.3 Å². The highest BCUT2D eigenvalue weighted by Gasteiger charge is 2.85. The molecule has 2 aliphatic heterocycles. The van der Waals surface area contributed by atoms with Crippen LogP contribution in [0.4, 0.5) is 0 Å². The molecule has 2 amide bonds. The van der Waals surface area contributed by atoms with Gasteiger partial charge in [-0.15, -0.1) is 0 Å². The van der Waals surface area contributed by atoms with E-state index >= 15 is 0 Å². The second kappa shape index (κ2) is 11.9. The first-order chi connectivity index (χ1) is 20.6. The van der Waals surface area contributed by atoms with Gasteiger partial charge in [0.2, 0.25) is 11.8 Å². The number of likely N-dealkylation sites (tertiary alicyclic amines) is 2. The summed E-state index contributed by atoms with van der Waals surface area (Å²) >= 11 is 0. The van der Waals surface area contributed by atoms with Crippen LogP contribution >= 0.6 is 0 Å². The number of carbonyl (C=O) groups excluding carboxylic acids is 2. The lowest BCUT2D eigenvalue weighted by molar-refractivity contribution is -0.151. The summed E-state index contributed by atoms with van der Waals surface area (Å²) in [6.07, 6.45) is 12.6. The minimum atomic E-state index is -0.938. The van der Waals surface area contributed by atoms with Gasteiger partial charge in [0.25, 0.3) is 0 Å². The van der Waals surface area contributed by atoms with Gasteiger partial charge in [0.05, 0.1) is 0 Å². The van der Waals surface area contributed by atoms with Crippen molar-refractivity contribution < 1.29 is 19.5 Å². The van der Waals surface area contributed by atoms with E-state index in [2.05, 4.69) is 49.8 Å². The van der Waals surface area contributed by atoms with Gasteiger partial charge in [-0.3, -0.25) is 14.5 Å². The maximum atomic E-state index is 14.5. The second-order valence-electron chi connectivity index (χ2n) is 16.9. The number of nitrogens with one attached hydrogen (secondary N) is 2. The minimum absolute atomic E-state index is 0.0147. The SMILES string of the molecule is C=C(NC(C(=O)N[C@H](C(=O)N1CC2(CC1C(=O)O)C(C)(C)C21CCC1)C(C)(C)C)C1CCCCC1)C1CCCCN1C(C)C. The molecule has 5 fully saturated rings. The first-order valence-corrected chi connectivity index (χ1v) is 17.6. The molecule has 2 saturated heterocycles. The van der Waals surface area contributed by atoms with Gasteiger partial charge in [-0.05, 0) is 87.5 Å². The van der Waals surface area contributed by atoms with E-state index in [1.807, 2.05) is 20.8 Å². The molecule has 0 aromatic carbocycles. The number of rotatable bonds is 9. The quantitative estimate of drug-likeness (QED) is 0.308.